The molecule has 1 aromatic rings. The molecule has 0 spiro atoms. The molecule has 6 heteroatoms. The van der Waals surface area contributed by atoms with Crippen LogP contribution in [0.2, 0.25) is 0 Å². The van der Waals surface area contributed by atoms with Crippen molar-refractivity contribution in [3.05, 3.63) is 22.4 Å². The summed E-state index contributed by atoms with van der Waals surface area (Å²) in [6.45, 7) is 0.625. The number of hydrogen-bond acceptors (Lipinski definition) is 4. The number of carbonyl (C=O) groups is 1. The van der Waals surface area contributed by atoms with E-state index >= 15 is 0 Å². The summed E-state index contributed by atoms with van der Waals surface area (Å²) in [4.78, 5) is 15.0. The third-order valence-electron chi connectivity index (χ3n) is 2.68. The van der Waals surface area contributed by atoms with Crippen molar-refractivity contribution in [3.63, 3.8) is 0 Å². The van der Waals surface area contributed by atoms with Crippen LogP contribution >= 0.6 is 11.3 Å². The first-order valence-corrected chi connectivity index (χ1v) is 6.37. The summed E-state index contributed by atoms with van der Waals surface area (Å²) in [6, 6.07) is 4.31. The van der Waals surface area contributed by atoms with Crippen molar-refractivity contribution in [2.24, 2.45) is 10.9 Å². The number of hydrogen-bond donors (Lipinski definition) is 2. The lowest BCUT2D eigenvalue weighted by Crippen LogP contribution is -2.35. The average Bonchev–Trinajstić information content (AvgIpc) is 3.03. The van der Waals surface area contributed by atoms with Gasteiger partial charge in [0.15, 0.2) is 0 Å². The molecular formula is C11H15N3O2S. The van der Waals surface area contributed by atoms with Gasteiger partial charge in [0.25, 0.3) is 0 Å². The van der Waals surface area contributed by atoms with Crippen molar-refractivity contribution in [2.45, 2.75) is 31.8 Å². The van der Waals surface area contributed by atoms with Crippen molar-refractivity contribution in [1.29, 1.82) is 0 Å². The van der Waals surface area contributed by atoms with Crippen LogP contribution in [0, 0.1) is 0 Å². The smallest absolute Gasteiger partial charge is 0.230 e. The molecule has 0 aliphatic heterocycles. The maximum absolute atomic E-state index is 12.0. The molecule has 1 aliphatic rings. The van der Waals surface area contributed by atoms with Gasteiger partial charge in [-0.3, -0.25) is 4.79 Å². The number of oxime groups is 1. The van der Waals surface area contributed by atoms with Crippen LogP contribution in [0.5, 0.6) is 0 Å². The fourth-order valence-electron chi connectivity index (χ4n) is 1.67. The second kappa shape index (κ2) is 5.18. The summed E-state index contributed by atoms with van der Waals surface area (Å²) in [5.41, 5.74) is 5.36. The molecule has 1 saturated carbocycles. The van der Waals surface area contributed by atoms with E-state index in [1.807, 2.05) is 22.4 Å². The minimum Gasteiger partial charge on any atom is -0.409 e. The van der Waals surface area contributed by atoms with E-state index < -0.39 is 0 Å². The Labute approximate surface area is 104 Å². The van der Waals surface area contributed by atoms with Gasteiger partial charge in [-0.15, -0.1) is 11.3 Å². The van der Waals surface area contributed by atoms with E-state index in [0.717, 1.165) is 17.7 Å². The van der Waals surface area contributed by atoms with E-state index in [2.05, 4.69) is 5.16 Å². The Balaban J connectivity index is 1.99. The molecular weight excluding hydrogens is 238 g/mol. The lowest BCUT2D eigenvalue weighted by Gasteiger charge is -2.21. The van der Waals surface area contributed by atoms with E-state index in [1.165, 1.54) is 0 Å². The molecule has 0 radical (unpaired) electrons. The van der Waals surface area contributed by atoms with Crippen LogP contribution in [-0.4, -0.2) is 27.9 Å². The van der Waals surface area contributed by atoms with Crippen molar-refractivity contribution in [1.82, 2.24) is 4.90 Å². The zero-order chi connectivity index (χ0) is 12.3. The summed E-state index contributed by atoms with van der Waals surface area (Å²) in [6.07, 6.45) is 2.08. The highest BCUT2D eigenvalue weighted by Gasteiger charge is 2.32. The van der Waals surface area contributed by atoms with Crippen molar-refractivity contribution in [2.75, 3.05) is 0 Å². The molecule has 17 heavy (non-hydrogen) atoms. The Morgan fingerprint density at radius 2 is 2.41 bits per heavy atom. The minimum atomic E-state index is -0.0730. The third kappa shape index (κ3) is 3.20. The Kier molecular flexibility index (Phi) is 3.63. The zero-order valence-corrected chi connectivity index (χ0v) is 10.2. The van der Waals surface area contributed by atoms with E-state index in [0.29, 0.717) is 12.6 Å². The number of amides is 1. The Morgan fingerprint density at radius 3 is 2.94 bits per heavy atom. The largest absolute Gasteiger partial charge is 0.409 e. The zero-order valence-electron chi connectivity index (χ0n) is 9.37. The summed E-state index contributed by atoms with van der Waals surface area (Å²) >= 11 is 1.63. The van der Waals surface area contributed by atoms with Crippen LogP contribution in [-0.2, 0) is 11.3 Å². The molecule has 1 heterocycles. The van der Waals surface area contributed by atoms with E-state index in [-0.39, 0.29) is 18.2 Å². The minimum absolute atomic E-state index is 0.0155. The fraction of sp³-hybridized carbons (Fsp3) is 0.455. The van der Waals surface area contributed by atoms with Crippen LogP contribution in [0.15, 0.2) is 22.7 Å². The summed E-state index contributed by atoms with van der Waals surface area (Å²) < 4.78 is 0. The quantitative estimate of drug-likeness (QED) is 0.360. The molecule has 0 atom stereocenters. The van der Waals surface area contributed by atoms with E-state index in [1.54, 1.807) is 11.3 Å². The number of carbonyl (C=O) groups excluding carboxylic acids is 1. The molecule has 1 amide bonds. The second-order valence-electron chi connectivity index (χ2n) is 4.10. The summed E-state index contributed by atoms with van der Waals surface area (Å²) in [5.74, 6) is -0.108. The number of nitrogens with two attached hydrogens (primary N) is 1. The number of amidine groups is 1. The molecule has 1 aliphatic carbocycles. The van der Waals surface area contributed by atoms with Crippen LogP contribution < -0.4 is 5.73 Å². The Bertz CT molecular complexity index is 412. The first-order valence-electron chi connectivity index (χ1n) is 5.49. The summed E-state index contributed by atoms with van der Waals surface area (Å²) in [5, 5.41) is 13.3. The maximum atomic E-state index is 12.0. The predicted molar refractivity (Wildman–Crippen MR) is 65.9 cm³/mol. The molecule has 1 fully saturated rings. The first-order chi connectivity index (χ1) is 8.20. The molecule has 5 nitrogen and oxygen atoms in total. The fourth-order valence-corrected chi connectivity index (χ4v) is 2.37. The van der Waals surface area contributed by atoms with Crippen molar-refractivity contribution < 1.29 is 10.0 Å². The molecule has 2 rings (SSSR count). The van der Waals surface area contributed by atoms with Crippen molar-refractivity contribution >= 4 is 23.1 Å². The van der Waals surface area contributed by atoms with Gasteiger partial charge in [-0.25, -0.2) is 0 Å². The Hall–Kier alpha value is -1.56. The standard InChI is InChI=1S/C11H15N3O2S/c12-10(13-16)6-11(15)14(8-3-4-8)7-9-2-1-5-17-9/h1-2,5,8,16H,3-4,6-7H2,(H2,12,13). The van der Waals surface area contributed by atoms with E-state index in [4.69, 9.17) is 10.9 Å². The monoisotopic (exact) mass is 253 g/mol. The van der Waals surface area contributed by atoms with Crippen LogP contribution in [0.1, 0.15) is 24.1 Å². The SMILES string of the molecule is N/C(CC(=O)N(Cc1cccs1)C1CC1)=N/O. The average molecular weight is 253 g/mol. The van der Waals surface area contributed by atoms with Gasteiger partial charge < -0.3 is 15.8 Å². The van der Waals surface area contributed by atoms with Gasteiger partial charge in [0.2, 0.25) is 5.91 Å². The molecule has 0 unspecified atom stereocenters. The molecule has 0 bridgehead atoms. The Morgan fingerprint density at radius 1 is 1.65 bits per heavy atom. The van der Waals surface area contributed by atoms with Gasteiger partial charge >= 0.3 is 0 Å². The normalized spacial score (nSPS) is 15.9. The van der Waals surface area contributed by atoms with Crippen LogP contribution in [0.4, 0.5) is 0 Å². The lowest BCUT2D eigenvalue weighted by molar-refractivity contribution is -0.131. The number of nitrogens with zero attached hydrogens (tertiary/aromatic N) is 2. The molecule has 92 valence electrons. The number of rotatable bonds is 5. The van der Waals surface area contributed by atoms with Gasteiger partial charge in [-0.1, -0.05) is 11.2 Å². The number of thiophene rings is 1. The molecule has 0 aromatic carbocycles. The molecule has 1 aromatic heterocycles. The van der Waals surface area contributed by atoms with Gasteiger partial charge in [0.1, 0.15) is 5.84 Å². The van der Waals surface area contributed by atoms with Gasteiger partial charge in [0.05, 0.1) is 13.0 Å². The van der Waals surface area contributed by atoms with Crippen LogP contribution in [0.3, 0.4) is 0 Å². The van der Waals surface area contributed by atoms with Gasteiger partial charge in [-0.2, -0.15) is 0 Å². The molecule has 3 N–H and O–H groups in total. The highest BCUT2D eigenvalue weighted by atomic mass is 32.1. The van der Waals surface area contributed by atoms with Gasteiger partial charge in [0, 0.05) is 10.9 Å². The second-order valence-corrected chi connectivity index (χ2v) is 5.13. The third-order valence-corrected chi connectivity index (χ3v) is 3.54. The maximum Gasteiger partial charge on any atom is 0.230 e. The molecule has 0 saturated heterocycles. The summed E-state index contributed by atoms with van der Waals surface area (Å²) in [7, 11) is 0. The van der Waals surface area contributed by atoms with E-state index in [9.17, 15) is 4.79 Å². The van der Waals surface area contributed by atoms with Crippen molar-refractivity contribution in [3.8, 4) is 0 Å². The topological polar surface area (TPSA) is 78.9 Å². The first kappa shape index (κ1) is 11.9. The lowest BCUT2D eigenvalue weighted by atomic mass is 10.3. The predicted octanol–water partition coefficient (Wildman–Crippen LogP) is 1.38. The van der Waals surface area contributed by atoms with Gasteiger partial charge in [-0.05, 0) is 24.3 Å². The van der Waals surface area contributed by atoms with Crippen LogP contribution in [0.25, 0.3) is 0 Å². The highest BCUT2D eigenvalue weighted by Crippen LogP contribution is 2.29. The highest BCUT2D eigenvalue weighted by molar-refractivity contribution is 7.09.